The summed E-state index contributed by atoms with van der Waals surface area (Å²) in [6.07, 6.45) is -1.79. The van der Waals surface area contributed by atoms with Crippen LogP contribution in [-0.4, -0.2) is 178 Å². The fourth-order valence-electron chi connectivity index (χ4n) is 7.45. The molecule has 2 aliphatic heterocycles. The van der Waals surface area contributed by atoms with Crippen LogP contribution in [0.2, 0.25) is 0 Å². The number of amides is 3. The number of pyridine rings is 1. The van der Waals surface area contributed by atoms with Crippen molar-refractivity contribution in [2.45, 2.75) is 138 Å². The van der Waals surface area contributed by atoms with Crippen LogP contribution in [0.3, 0.4) is 0 Å². The first-order valence-electron chi connectivity index (χ1n) is 22.5. The van der Waals surface area contributed by atoms with Gasteiger partial charge in [-0.25, -0.2) is 19.2 Å². The Morgan fingerprint density at radius 1 is 0.641 bits per heavy atom. The minimum Gasteiger partial charge on any atom is -0.458 e. The van der Waals surface area contributed by atoms with Crippen LogP contribution in [0.5, 0.6) is 0 Å². The number of piperazine rings is 1. The van der Waals surface area contributed by atoms with Gasteiger partial charge < -0.3 is 43.7 Å². The molecule has 0 radical (unpaired) electrons. The summed E-state index contributed by atoms with van der Waals surface area (Å²) < 4.78 is 23.3. The molecular weight excluding hydrogens is 823 g/mol. The van der Waals surface area contributed by atoms with Crippen LogP contribution in [-0.2, 0) is 35.1 Å². The zero-order chi connectivity index (χ0) is 47.8. The Labute approximate surface area is 380 Å². The van der Waals surface area contributed by atoms with E-state index in [0.29, 0.717) is 38.4 Å². The zero-order valence-corrected chi connectivity index (χ0v) is 40.7. The molecule has 2 atom stereocenters. The van der Waals surface area contributed by atoms with Crippen molar-refractivity contribution in [3.05, 3.63) is 36.0 Å². The third-order valence-electron chi connectivity index (χ3n) is 10.5. The average Bonchev–Trinajstić information content (AvgIpc) is 3.16. The topological polar surface area (TPSA) is 175 Å². The van der Waals surface area contributed by atoms with Gasteiger partial charge in [-0.3, -0.25) is 19.6 Å². The van der Waals surface area contributed by atoms with Gasteiger partial charge >= 0.3 is 24.2 Å². The molecule has 0 saturated carbocycles. The molecule has 4 rings (SSSR count). The number of hydrogen-bond donors (Lipinski definition) is 1. The standard InChI is InChI=1S/C47H75N7O10/c1-33-31-53(43(60)64-47(11,12)13)27-26-51(41(58)62-45(5,6)7)24-25-52(42(59)63-46(8,9)10)28-29-54(33)39(40(57)61-44(2,3)4)38(56)18-19-49-20-22-50(23-21-49)36-17-15-34-14-16-35(32-55)48-37(34)30-36/h14-17,30,33,39,55H,18-29,31-32H2,1-13H3. The van der Waals surface area contributed by atoms with Gasteiger partial charge in [-0.1, -0.05) is 12.1 Å². The third-order valence-corrected chi connectivity index (χ3v) is 10.5. The highest BCUT2D eigenvalue weighted by atomic mass is 16.6. The van der Waals surface area contributed by atoms with Gasteiger partial charge in [0.25, 0.3) is 0 Å². The van der Waals surface area contributed by atoms with Crippen LogP contribution in [0.25, 0.3) is 10.9 Å². The largest absolute Gasteiger partial charge is 0.458 e. The van der Waals surface area contributed by atoms with Crippen LogP contribution >= 0.6 is 0 Å². The molecule has 0 aliphatic carbocycles. The molecule has 1 aromatic carbocycles. The third kappa shape index (κ3) is 16.4. The van der Waals surface area contributed by atoms with Crippen molar-refractivity contribution in [2.75, 3.05) is 83.4 Å². The number of carbonyl (C=O) groups is 5. The number of nitrogens with zero attached hydrogens (tertiary/aromatic N) is 7. The summed E-state index contributed by atoms with van der Waals surface area (Å²) in [7, 11) is 0. The highest BCUT2D eigenvalue weighted by Gasteiger charge is 2.41. The predicted molar refractivity (Wildman–Crippen MR) is 245 cm³/mol. The first kappa shape index (κ1) is 51.9. The lowest BCUT2D eigenvalue weighted by Crippen LogP contribution is -2.59. The molecule has 17 heteroatoms. The molecule has 2 unspecified atom stereocenters. The molecule has 1 N–H and O–H groups in total. The number of fused-ring (bicyclic) bond motifs is 1. The first-order valence-corrected chi connectivity index (χ1v) is 22.5. The second-order valence-electron chi connectivity index (χ2n) is 20.8. The first-order chi connectivity index (χ1) is 29.6. The van der Waals surface area contributed by atoms with Crippen LogP contribution in [0.15, 0.2) is 30.3 Å². The lowest BCUT2D eigenvalue weighted by atomic mass is 10.0. The maximum atomic E-state index is 14.7. The monoisotopic (exact) mass is 898 g/mol. The van der Waals surface area contributed by atoms with E-state index in [1.165, 1.54) is 14.7 Å². The Morgan fingerprint density at radius 3 is 1.61 bits per heavy atom. The molecule has 2 saturated heterocycles. The average molecular weight is 898 g/mol. The normalized spacial score (nSPS) is 18.8. The van der Waals surface area contributed by atoms with E-state index in [4.69, 9.17) is 18.9 Å². The molecule has 0 spiro atoms. The number of benzene rings is 1. The Bertz CT molecular complexity index is 1930. The summed E-state index contributed by atoms with van der Waals surface area (Å²) in [4.78, 5) is 85.4. The van der Waals surface area contributed by atoms with Crippen molar-refractivity contribution in [1.29, 1.82) is 0 Å². The van der Waals surface area contributed by atoms with Gasteiger partial charge in [0, 0.05) is 102 Å². The Hall–Kier alpha value is -4.74. The van der Waals surface area contributed by atoms with Crippen molar-refractivity contribution in [2.24, 2.45) is 0 Å². The maximum Gasteiger partial charge on any atom is 0.410 e. The molecule has 2 aromatic rings. The predicted octanol–water partition coefficient (Wildman–Crippen LogP) is 5.93. The van der Waals surface area contributed by atoms with Crippen molar-refractivity contribution in [3.8, 4) is 0 Å². The van der Waals surface area contributed by atoms with Crippen LogP contribution in [0, 0.1) is 0 Å². The molecule has 17 nitrogen and oxygen atoms in total. The minimum absolute atomic E-state index is 0.0175. The number of aliphatic hydroxyl groups excluding tert-OH is 1. The van der Waals surface area contributed by atoms with Crippen LogP contribution in [0.4, 0.5) is 20.1 Å². The number of ketones is 1. The number of aliphatic hydroxyl groups is 1. The van der Waals surface area contributed by atoms with Gasteiger partial charge in [0.05, 0.1) is 17.8 Å². The second kappa shape index (κ2) is 21.5. The number of Topliss-reactive ketones (excluding diaryl/α,β-unsaturated/α-hetero) is 1. The quantitative estimate of drug-likeness (QED) is 0.188. The van der Waals surface area contributed by atoms with Crippen LogP contribution in [0.1, 0.15) is 102 Å². The van der Waals surface area contributed by atoms with E-state index >= 15 is 0 Å². The van der Waals surface area contributed by atoms with Gasteiger partial charge in [0.15, 0.2) is 11.8 Å². The fourth-order valence-corrected chi connectivity index (χ4v) is 7.45. The fraction of sp³-hybridized carbons (Fsp3) is 0.702. The Kier molecular flexibility index (Phi) is 17.4. The number of ether oxygens (including phenoxy) is 4. The molecule has 3 amide bonds. The molecule has 358 valence electrons. The van der Waals surface area contributed by atoms with Crippen molar-refractivity contribution >= 4 is 46.6 Å². The van der Waals surface area contributed by atoms with Gasteiger partial charge in [-0.2, -0.15) is 0 Å². The van der Waals surface area contributed by atoms with Gasteiger partial charge in [0.2, 0.25) is 0 Å². The summed E-state index contributed by atoms with van der Waals surface area (Å²) in [6.45, 7) is 26.3. The summed E-state index contributed by atoms with van der Waals surface area (Å²) in [5.74, 6) is -1.07. The highest BCUT2D eigenvalue weighted by molar-refractivity contribution is 6.03. The smallest absolute Gasteiger partial charge is 0.410 e. The molecule has 1 aromatic heterocycles. The van der Waals surface area contributed by atoms with Crippen molar-refractivity contribution < 1.29 is 48.0 Å². The summed E-state index contributed by atoms with van der Waals surface area (Å²) in [6, 6.07) is 7.88. The number of carbonyl (C=O) groups excluding carboxylic acids is 5. The molecular formula is C47H75N7O10. The van der Waals surface area contributed by atoms with Crippen LogP contribution < -0.4 is 4.90 Å². The Balaban J connectivity index is 1.63. The lowest BCUT2D eigenvalue weighted by Gasteiger charge is -2.41. The molecule has 3 heterocycles. The van der Waals surface area contributed by atoms with Crippen molar-refractivity contribution in [3.63, 3.8) is 0 Å². The van der Waals surface area contributed by atoms with Gasteiger partial charge in [-0.15, -0.1) is 0 Å². The minimum atomic E-state index is -1.37. The van der Waals surface area contributed by atoms with E-state index in [1.54, 1.807) is 88.0 Å². The number of anilines is 1. The number of hydrogen-bond acceptors (Lipinski definition) is 14. The van der Waals surface area contributed by atoms with E-state index in [1.807, 2.05) is 31.2 Å². The number of aromatic nitrogens is 1. The van der Waals surface area contributed by atoms with E-state index in [0.717, 1.165) is 16.6 Å². The summed E-state index contributed by atoms with van der Waals surface area (Å²) >= 11 is 0. The molecule has 2 aliphatic rings. The zero-order valence-electron chi connectivity index (χ0n) is 40.7. The second-order valence-corrected chi connectivity index (χ2v) is 20.8. The number of esters is 1. The van der Waals surface area contributed by atoms with Gasteiger partial charge in [-0.05, 0) is 108 Å². The molecule has 0 bridgehead atoms. The number of rotatable bonds is 8. The van der Waals surface area contributed by atoms with E-state index in [-0.39, 0.29) is 64.6 Å². The molecule has 2 fully saturated rings. The van der Waals surface area contributed by atoms with Gasteiger partial charge in [0.1, 0.15) is 22.4 Å². The SMILES string of the molecule is CC1CN(C(=O)OC(C)(C)C)CCN(C(=O)OC(C)(C)C)CCN(C(=O)OC(C)(C)C)CCN1C(C(=O)CCN1CCN(c2ccc3ccc(CO)nc3c2)CC1)C(=O)OC(C)(C)C. The summed E-state index contributed by atoms with van der Waals surface area (Å²) in [5.41, 5.74) is -0.935. The highest BCUT2D eigenvalue weighted by Crippen LogP contribution is 2.24. The van der Waals surface area contributed by atoms with E-state index < -0.39 is 58.7 Å². The Morgan fingerprint density at radius 2 is 1.11 bits per heavy atom. The lowest BCUT2D eigenvalue weighted by molar-refractivity contribution is -0.165. The van der Waals surface area contributed by atoms with E-state index in [9.17, 15) is 29.1 Å². The molecule has 64 heavy (non-hydrogen) atoms. The maximum absolute atomic E-state index is 14.7. The summed E-state index contributed by atoms with van der Waals surface area (Å²) in [5, 5.41) is 10.6. The van der Waals surface area contributed by atoms with E-state index in [2.05, 4.69) is 20.9 Å². The van der Waals surface area contributed by atoms with Crippen molar-refractivity contribution in [1.82, 2.24) is 29.5 Å².